The Morgan fingerprint density at radius 3 is 2.69 bits per heavy atom. The molecule has 0 aliphatic rings. The molecule has 0 N–H and O–H groups in total. The van der Waals surface area contributed by atoms with Gasteiger partial charge in [-0.3, -0.25) is 5.01 Å². The Bertz CT molecular complexity index is 259. The van der Waals surface area contributed by atoms with Gasteiger partial charge in [-0.15, -0.1) is 11.6 Å². The zero-order valence-corrected chi connectivity index (χ0v) is 8.41. The molecule has 0 amide bonds. The summed E-state index contributed by atoms with van der Waals surface area (Å²) in [4.78, 5) is 0. The van der Waals surface area contributed by atoms with Crippen molar-refractivity contribution in [3.63, 3.8) is 0 Å². The molecule has 1 aromatic carbocycles. The molecule has 0 unspecified atom stereocenters. The van der Waals surface area contributed by atoms with Gasteiger partial charge in [-0.25, -0.2) is 0 Å². The van der Waals surface area contributed by atoms with Crippen LogP contribution in [0.25, 0.3) is 0 Å². The minimum atomic E-state index is 0.600. The van der Waals surface area contributed by atoms with Gasteiger partial charge in [0.1, 0.15) is 0 Å². The molecule has 0 radical (unpaired) electrons. The molecule has 1 rings (SSSR count). The Morgan fingerprint density at radius 1 is 1.38 bits per heavy atom. The van der Waals surface area contributed by atoms with Crippen LogP contribution >= 0.6 is 11.6 Å². The van der Waals surface area contributed by atoms with Crippen LogP contribution < -0.4 is 0 Å². The van der Waals surface area contributed by atoms with E-state index in [9.17, 15) is 0 Å². The van der Waals surface area contributed by atoms with E-state index in [1.807, 2.05) is 48.6 Å². The molecule has 0 heterocycles. The van der Waals surface area contributed by atoms with E-state index in [4.69, 9.17) is 11.6 Å². The van der Waals surface area contributed by atoms with Gasteiger partial charge in [-0.1, -0.05) is 30.3 Å². The average Bonchev–Trinajstić information content (AvgIpc) is 2.17. The van der Waals surface area contributed by atoms with E-state index in [0.717, 1.165) is 12.1 Å². The second kappa shape index (κ2) is 5.60. The van der Waals surface area contributed by atoms with Crippen LogP contribution in [0, 0.1) is 0 Å². The molecule has 0 saturated heterocycles. The van der Waals surface area contributed by atoms with Crippen LogP contribution in [0.1, 0.15) is 5.56 Å². The summed E-state index contributed by atoms with van der Waals surface area (Å²) in [6, 6.07) is 9.99. The molecule has 0 spiro atoms. The number of benzene rings is 1. The monoisotopic (exact) mass is 196 g/mol. The topological polar surface area (TPSA) is 15.6 Å². The van der Waals surface area contributed by atoms with E-state index in [-0.39, 0.29) is 0 Å². The van der Waals surface area contributed by atoms with Gasteiger partial charge in [0.2, 0.25) is 0 Å². The van der Waals surface area contributed by atoms with Crippen molar-refractivity contribution < 1.29 is 0 Å². The first kappa shape index (κ1) is 10.1. The molecule has 3 heteroatoms. The number of hydrogen-bond donors (Lipinski definition) is 0. The van der Waals surface area contributed by atoms with Crippen LogP contribution in [0.4, 0.5) is 0 Å². The highest BCUT2D eigenvalue weighted by Crippen LogP contribution is 1.95. The SMILES string of the molecule is CN(CCCl)/N=C\c1ccccc1. The van der Waals surface area contributed by atoms with Gasteiger partial charge in [0, 0.05) is 19.5 Å². The van der Waals surface area contributed by atoms with E-state index < -0.39 is 0 Å². The third-order valence-electron chi connectivity index (χ3n) is 1.61. The maximum atomic E-state index is 5.56. The van der Waals surface area contributed by atoms with Crippen molar-refractivity contribution in [3.8, 4) is 0 Å². The average molecular weight is 197 g/mol. The Kier molecular flexibility index (Phi) is 4.33. The molecule has 13 heavy (non-hydrogen) atoms. The normalized spacial score (nSPS) is 10.6. The molecule has 0 atom stereocenters. The predicted molar refractivity (Wildman–Crippen MR) is 57.4 cm³/mol. The van der Waals surface area contributed by atoms with Crippen molar-refractivity contribution in [1.82, 2.24) is 5.01 Å². The third kappa shape index (κ3) is 3.95. The predicted octanol–water partition coefficient (Wildman–Crippen LogP) is 2.19. The summed E-state index contributed by atoms with van der Waals surface area (Å²) in [5.41, 5.74) is 1.10. The van der Waals surface area contributed by atoms with Crippen molar-refractivity contribution in [1.29, 1.82) is 0 Å². The Labute approximate surface area is 83.8 Å². The number of hydrogen-bond acceptors (Lipinski definition) is 2. The second-order valence-electron chi connectivity index (χ2n) is 2.73. The Morgan fingerprint density at radius 2 is 2.08 bits per heavy atom. The fourth-order valence-corrected chi connectivity index (χ4v) is 1.13. The summed E-state index contributed by atoms with van der Waals surface area (Å²) >= 11 is 5.56. The lowest BCUT2D eigenvalue weighted by Crippen LogP contribution is -2.13. The fraction of sp³-hybridized carbons (Fsp3) is 0.300. The summed E-state index contributed by atoms with van der Waals surface area (Å²) in [6.45, 7) is 0.769. The van der Waals surface area contributed by atoms with Crippen molar-refractivity contribution in [2.24, 2.45) is 5.10 Å². The molecule has 0 aromatic heterocycles. The number of nitrogens with zero attached hydrogens (tertiary/aromatic N) is 2. The van der Waals surface area contributed by atoms with E-state index in [0.29, 0.717) is 5.88 Å². The van der Waals surface area contributed by atoms with Crippen LogP contribution in [0.2, 0.25) is 0 Å². The minimum Gasteiger partial charge on any atom is -0.299 e. The summed E-state index contributed by atoms with van der Waals surface area (Å²) < 4.78 is 0. The smallest absolute Gasteiger partial charge is 0.0542 e. The molecule has 1 aromatic rings. The zero-order valence-electron chi connectivity index (χ0n) is 7.65. The van der Waals surface area contributed by atoms with Crippen LogP contribution in [0.5, 0.6) is 0 Å². The molecular weight excluding hydrogens is 184 g/mol. The van der Waals surface area contributed by atoms with Gasteiger partial charge < -0.3 is 0 Å². The van der Waals surface area contributed by atoms with Crippen LogP contribution in [0.3, 0.4) is 0 Å². The lowest BCUT2D eigenvalue weighted by atomic mass is 10.2. The number of rotatable bonds is 4. The van der Waals surface area contributed by atoms with Gasteiger partial charge in [0.05, 0.1) is 6.21 Å². The molecule has 0 saturated carbocycles. The van der Waals surface area contributed by atoms with E-state index in [1.54, 1.807) is 0 Å². The van der Waals surface area contributed by atoms with E-state index in [1.165, 1.54) is 0 Å². The van der Waals surface area contributed by atoms with Crippen molar-refractivity contribution >= 4 is 17.8 Å². The summed E-state index contributed by atoms with van der Waals surface area (Å²) in [6.07, 6.45) is 1.83. The first-order valence-electron chi connectivity index (χ1n) is 4.19. The Balaban J connectivity index is 2.49. The van der Waals surface area contributed by atoms with Gasteiger partial charge in [-0.2, -0.15) is 5.10 Å². The number of hydrazone groups is 1. The summed E-state index contributed by atoms with van der Waals surface area (Å²) in [7, 11) is 1.90. The maximum Gasteiger partial charge on any atom is 0.0542 e. The molecule has 0 aliphatic heterocycles. The lowest BCUT2D eigenvalue weighted by molar-refractivity contribution is 0.380. The third-order valence-corrected chi connectivity index (χ3v) is 1.78. The molecule has 70 valence electrons. The lowest BCUT2D eigenvalue weighted by Gasteiger charge is -2.09. The second-order valence-corrected chi connectivity index (χ2v) is 3.10. The first-order chi connectivity index (χ1) is 6.33. The highest BCUT2D eigenvalue weighted by atomic mass is 35.5. The van der Waals surface area contributed by atoms with Crippen molar-refractivity contribution in [2.75, 3.05) is 19.5 Å². The summed E-state index contributed by atoms with van der Waals surface area (Å²) in [5, 5.41) is 6.03. The van der Waals surface area contributed by atoms with Gasteiger partial charge in [-0.05, 0) is 5.56 Å². The highest BCUT2D eigenvalue weighted by Gasteiger charge is 1.89. The van der Waals surface area contributed by atoms with Crippen molar-refractivity contribution in [3.05, 3.63) is 35.9 Å². The van der Waals surface area contributed by atoms with E-state index in [2.05, 4.69) is 5.10 Å². The van der Waals surface area contributed by atoms with Crippen LogP contribution in [-0.2, 0) is 0 Å². The molecule has 0 aliphatic carbocycles. The van der Waals surface area contributed by atoms with Gasteiger partial charge in [0.25, 0.3) is 0 Å². The number of alkyl halides is 1. The Hall–Kier alpha value is -1.02. The first-order valence-corrected chi connectivity index (χ1v) is 4.72. The van der Waals surface area contributed by atoms with Crippen LogP contribution in [-0.4, -0.2) is 30.7 Å². The fourth-order valence-electron chi connectivity index (χ4n) is 0.884. The van der Waals surface area contributed by atoms with E-state index >= 15 is 0 Å². The molecule has 0 bridgehead atoms. The standard InChI is InChI=1S/C10H13ClN2/c1-13(8-7-11)12-9-10-5-3-2-4-6-10/h2-6,9H,7-8H2,1H3/b12-9-. The van der Waals surface area contributed by atoms with Gasteiger partial charge >= 0.3 is 0 Å². The quantitative estimate of drug-likeness (QED) is 0.410. The summed E-state index contributed by atoms with van der Waals surface area (Å²) in [5.74, 6) is 0.600. The minimum absolute atomic E-state index is 0.600. The number of halogens is 1. The highest BCUT2D eigenvalue weighted by molar-refractivity contribution is 6.18. The zero-order chi connectivity index (χ0) is 9.52. The molecule has 2 nitrogen and oxygen atoms in total. The maximum absolute atomic E-state index is 5.56. The van der Waals surface area contributed by atoms with Crippen LogP contribution in [0.15, 0.2) is 35.4 Å². The van der Waals surface area contributed by atoms with Crippen molar-refractivity contribution in [2.45, 2.75) is 0 Å². The molecule has 0 fully saturated rings. The van der Waals surface area contributed by atoms with Gasteiger partial charge in [0.15, 0.2) is 0 Å². The molecular formula is C10H13ClN2. The largest absolute Gasteiger partial charge is 0.299 e.